The first-order valence-electron chi connectivity index (χ1n) is 6.99. The SMILES string of the molecule is C[C@H](Oc1cccc(C=O)c1)C(=O)Nc1ccc(C(F)(F)F)cc1. The summed E-state index contributed by atoms with van der Waals surface area (Å²) in [5.41, 5.74) is -0.164. The van der Waals surface area contributed by atoms with Crippen LogP contribution in [0.2, 0.25) is 0 Å². The quantitative estimate of drug-likeness (QED) is 0.841. The molecule has 0 radical (unpaired) electrons. The molecule has 0 saturated carbocycles. The number of carbonyl (C=O) groups excluding carboxylic acids is 2. The Morgan fingerprint density at radius 2 is 1.83 bits per heavy atom. The van der Waals surface area contributed by atoms with Crippen molar-refractivity contribution < 1.29 is 27.5 Å². The Labute approximate surface area is 136 Å². The lowest BCUT2D eigenvalue weighted by atomic mass is 10.2. The van der Waals surface area contributed by atoms with E-state index in [4.69, 9.17) is 4.74 Å². The van der Waals surface area contributed by atoms with Crippen LogP contribution in [0.1, 0.15) is 22.8 Å². The van der Waals surface area contributed by atoms with Crippen molar-refractivity contribution >= 4 is 17.9 Å². The van der Waals surface area contributed by atoms with E-state index in [1.165, 1.54) is 25.1 Å². The molecule has 2 rings (SSSR count). The highest BCUT2D eigenvalue weighted by molar-refractivity contribution is 5.94. The average Bonchev–Trinajstić information content (AvgIpc) is 2.54. The maximum Gasteiger partial charge on any atom is 0.416 e. The lowest BCUT2D eigenvalue weighted by Gasteiger charge is -2.15. The second-order valence-electron chi connectivity index (χ2n) is 5.01. The number of nitrogens with one attached hydrogen (secondary N) is 1. The fourth-order valence-corrected chi connectivity index (χ4v) is 1.91. The number of alkyl halides is 3. The predicted octanol–water partition coefficient (Wildman–Crippen LogP) is 3.92. The number of carbonyl (C=O) groups is 2. The normalized spacial score (nSPS) is 12.3. The molecule has 24 heavy (non-hydrogen) atoms. The zero-order valence-corrected chi connectivity index (χ0v) is 12.6. The summed E-state index contributed by atoms with van der Waals surface area (Å²) < 4.78 is 42.9. The van der Waals surface area contributed by atoms with Gasteiger partial charge in [0.1, 0.15) is 12.0 Å². The molecule has 0 saturated heterocycles. The molecule has 0 aromatic heterocycles. The van der Waals surface area contributed by atoms with E-state index in [-0.39, 0.29) is 5.69 Å². The minimum absolute atomic E-state index is 0.227. The molecular formula is C17H14F3NO3. The van der Waals surface area contributed by atoms with E-state index < -0.39 is 23.8 Å². The van der Waals surface area contributed by atoms with Crippen molar-refractivity contribution in [3.63, 3.8) is 0 Å². The number of hydrogen-bond acceptors (Lipinski definition) is 3. The minimum Gasteiger partial charge on any atom is -0.481 e. The summed E-state index contributed by atoms with van der Waals surface area (Å²) in [5.74, 6) is -0.180. The third-order valence-corrected chi connectivity index (χ3v) is 3.16. The van der Waals surface area contributed by atoms with Crippen LogP contribution in [0.5, 0.6) is 5.75 Å². The molecule has 0 unspecified atom stereocenters. The van der Waals surface area contributed by atoms with Crippen molar-refractivity contribution in [2.45, 2.75) is 19.2 Å². The van der Waals surface area contributed by atoms with Gasteiger partial charge in [-0.15, -0.1) is 0 Å². The second kappa shape index (κ2) is 7.16. The number of benzene rings is 2. The number of hydrogen-bond donors (Lipinski definition) is 1. The summed E-state index contributed by atoms with van der Waals surface area (Å²) in [6.45, 7) is 1.49. The molecule has 1 N–H and O–H groups in total. The number of halogens is 3. The van der Waals surface area contributed by atoms with Gasteiger partial charge in [0.05, 0.1) is 5.56 Å². The average molecular weight is 337 g/mol. The van der Waals surface area contributed by atoms with Gasteiger partial charge in [0.15, 0.2) is 6.10 Å². The fourth-order valence-electron chi connectivity index (χ4n) is 1.91. The monoisotopic (exact) mass is 337 g/mol. The summed E-state index contributed by atoms with van der Waals surface area (Å²) >= 11 is 0. The first-order valence-corrected chi connectivity index (χ1v) is 6.99. The number of ether oxygens (including phenoxy) is 1. The largest absolute Gasteiger partial charge is 0.481 e. The molecule has 0 heterocycles. The van der Waals surface area contributed by atoms with E-state index in [0.717, 1.165) is 12.1 Å². The van der Waals surface area contributed by atoms with Crippen LogP contribution in [-0.2, 0) is 11.0 Å². The van der Waals surface area contributed by atoms with Gasteiger partial charge in [-0.2, -0.15) is 13.2 Å². The number of aldehydes is 1. The maximum atomic E-state index is 12.5. The van der Waals surface area contributed by atoms with Gasteiger partial charge in [0.2, 0.25) is 0 Å². The molecule has 0 fully saturated rings. The lowest BCUT2D eigenvalue weighted by molar-refractivity contribution is -0.137. The Balaban J connectivity index is 1.99. The molecular weight excluding hydrogens is 323 g/mol. The third kappa shape index (κ3) is 4.58. The highest BCUT2D eigenvalue weighted by Crippen LogP contribution is 2.29. The lowest BCUT2D eigenvalue weighted by Crippen LogP contribution is -2.30. The van der Waals surface area contributed by atoms with Gasteiger partial charge in [-0.3, -0.25) is 9.59 Å². The van der Waals surface area contributed by atoms with Gasteiger partial charge < -0.3 is 10.1 Å². The van der Waals surface area contributed by atoms with E-state index >= 15 is 0 Å². The standard InChI is InChI=1S/C17H14F3NO3/c1-11(24-15-4-2-3-12(9-15)10-22)16(23)21-14-7-5-13(6-8-14)17(18,19)20/h2-11H,1H3,(H,21,23)/t11-/m0/s1. The van der Waals surface area contributed by atoms with E-state index in [0.29, 0.717) is 17.6 Å². The summed E-state index contributed by atoms with van der Waals surface area (Å²) in [5, 5.41) is 2.47. The number of rotatable bonds is 5. The molecule has 0 aliphatic heterocycles. The topological polar surface area (TPSA) is 55.4 Å². The molecule has 0 spiro atoms. The predicted molar refractivity (Wildman–Crippen MR) is 82.0 cm³/mol. The minimum atomic E-state index is -4.43. The van der Waals surface area contributed by atoms with Crippen molar-refractivity contribution in [2.24, 2.45) is 0 Å². The molecule has 2 aromatic rings. The summed E-state index contributed by atoms with van der Waals surface area (Å²) in [4.78, 5) is 22.7. The van der Waals surface area contributed by atoms with Crippen molar-refractivity contribution in [3.8, 4) is 5.75 Å². The van der Waals surface area contributed by atoms with Crippen LogP contribution >= 0.6 is 0 Å². The van der Waals surface area contributed by atoms with Crippen molar-refractivity contribution in [3.05, 3.63) is 59.7 Å². The Bertz CT molecular complexity index is 727. The molecule has 0 bridgehead atoms. The van der Waals surface area contributed by atoms with Gasteiger partial charge in [-0.05, 0) is 43.3 Å². The molecule has 1 amide bonds. The first-order chi connectivity index (χ1) is 11.3. The van der Waals surface area contributed by atoms with Gasteiger partial charge in [0.25, 0.3) is 5.91 Å². The smallest absolute Gasteiger partial charge is 0.416 e. The molecule has 126 valence electrons. The van der Waals surface area contributed by atoms with Crippen molar-refractivity contribution in [1.29, 1.82) is 0 Å². The van der Waals surface area contributed by atoms with Crippen molar-refractivity contribution in [1.82, 2.24) is 0 Å². The molecule has 0 aliphatic carbocycles. The highest BCUT2D eigenvalue weighted by Gasteiger charge is 2.30. The Hall–Kier alpha value is -2.83. The summed E-state index contributed by atoms with van der Waals surface area (Å²) in [6.07, 6.45) is -4.67. The molecule has 1 atom stereocenters. The van der Waals surface area contributed by atoms with E-state index in [1.807, 2.05) is 0 Å². The summed E-state index contributed by atoms with van der Waals surface area (Å²) in [6, 6.07) is 10.4. The Kier molecular flexibility index (Phi) is 5.23. The van der Waals surface area contributed by atoms with Crippen LogP contribution in [0.4, 0.5) is 18.9 Å². The van der Waals surface area contributed by atoms with Crippen LogP contribution < -0.4 is 10.1 Å². The molecule has 7 heteroatoms. The van der Waals surface area contributed by atoms with Crippen LogP contribution in [0.25, 0.3) is 0 Å². The molecule has 2 aromatic carbocycles. The third-order valence-electron chi connectivity index (χ3n) is 3.16. The maximum absolute atomic E-state index is 12.5. The van der Waals surface area contributed by atoms with E-state index in [1.54, 1.807) is 18.2 Å². The number of anilines is 1. The fraction of sp³-hybridized carbons (Fsp3) is 0.176. The van der Waals surface area contributed by atoms with E-state index in [9.17, 15) is 22.8 Å². The summed E-state index contributed by atoms with van der Waals surface area (Å²) in [7, 11) is 0. The Morgan fingerprint density at radius 1 is 1.17 bits per heavy atom. The van der Waals surface area contributed by atoms with Gasteiger partial charge in [0, 0.05) is 11.3 Å². The van der Waals surface area contributed by atoms with Gasteiger partial charge in [-0.25, -0.2) is 0 Å². The first kappa shape index (κ1) is 17.5. The van der Waals surface area contributed by atoms with E-state index in [2.05, 4.69) is 5.32 Å². The molecule has 4 nitrogen and oxygen atoms in total. The highest BCUT2D eigenvalue weighted by atomic mass is 19.4. The number of amides is 1. The van der Waals surface area contributed by atoms with Crippen LogP contribution in [-0.4, -0.2) is 18.3 Å². The zero-order valence-electron chi connectivity index (χ0n) is 12.6. The van der Waals surface area contributed by atoms with Crippen LogP contribution in [0.15, 0.2) is 48.5 Å². The Morgan fingerprint density at radius 3 is 2.42 bits per heavy atom. The van der Waals surface area contributed by atoms with Gasteiger partial charge >= 0.3 is 6.18 Å². The van der Waals surface area contributed by atoms with Crippen LogP contribution in [0.3, 0.4) is 0 Å². The second-order valence-corrected chi connectivity index (χ2v) is 5.01. The van der Waals surface area contributed by atoms with Crippen molar-refractivity contribution in [2.75, 3.05) is 5.32 Å². The van der Waals surface area contributed by atoms with Crippen LogP contribution in [0, 0.1) is 0 Å². The molecule has 0 aliphatic rings. The zero-order chi connectivity index (χ0) is 17.7. The van der Waals surface area contributed by atoms with Gasteiger partial charge in [-0.1, -0.05) is 12.1 Å².